The summed E-state index contributed by atoms with van der Waals surface area (Å²) in [7, 11) is -3.01. The lowest BCUT2D eigenvalue weighted by atomic mass is 10.3. The van der Waals surface area contributed by atoms with Crippen LogP contribution in [0, 0.1) is 0 Å². The molecule has 3 heterocycles. The van der Waals surface area contributed by atoms with Gasteiger partial charge in [-0.3, -0.25) is 4.79 Å². The van der Waals surface area contributed by atoms with Crippen LogP contribution in [-0.2, 0) is 14.6 Å². The quantitative estimate of drug-likeness (QED) is 0.618. The van der Waals surface area contributed by atoms with Crippen molar-refractivity contribution in [1.82, 2.24) is 20.5 Å². The Balaban J connectivity index is 1.36. The van der Waals surface area contributed by atoms with Crippen molar-refractivity contribution in [1.29, 1.82) is 0 Å². The van der Waals surface area contributed by atoms with Crippen molar-refractivity contribution < 1.29 is 13.2 Å². The Kier molecular flexibility index (Phi) is 4.76. The molecule has 26 heavy (non-hydrogen) atoms. The smallest absolute Gasteiger partial charge is 0.230 e. The summed E-state index contributed by atoms with van der Waals surface area (Å²) in [5, 5.41) is 15.3. The summed E-state index contributed by atoms with van der Waals surface area (Å²) in [6.07, 6.45) is 0.468. The molecule has 8 nitrogen and oxygen atoms in total. The summed E-state index contributed by atoms with van der Waals surface area (Å²) >= 11 is 2.66. The number of thioether (sulfide) groups is 1. The zero-order chi connectivity index (χ0) is 18.1. The van der Waals surface area contributed by atoms with E-state index in [0.717, 1.165) is 10.6 Å². The van der Waals surface area contributed by atoms with E-state index in [1.165, 1.54) is 23.5 Å². The molecule has 4 rings (SSSR count). The van der Waals surface area contributed by atoms with Crippen LogP contribution in [0.3, 0.4) is 0 Å². The predicted octanol–water partition coefficient (Wildman–Crippen LogP) is 1.48. The number of amides is 1. The first-order valence-electron chi connectivity index (χ1n) is 7.90. The van der Waals surface area contributed by atoms with Crippen molar-refractivity contribution >= 4 is 50.8 Å². The van der Waals surface area contributed by atoms with Gasteiger partial charge in [0.15, 0.2) is 20.7 Å². The van der Waals surface area contributed by atoms with E-state index in [2.05, 4.69) is 25.8 Å². The summed E-state index contributed by atoms with van der Waals surface area (Å²) in [6.45, 7) is 0. The summed E-state index contributed by atoms with van der Waals surface area (Å²) in [4.78, 5) is 17.5. The fourth-order valence-corrected chi connectivity index (χ4v) is 5.84. The van der Waals surface area contributed by atoms with Gasteiger partial charge >= 0.3 is 0 Å². The standard InChI is InChI=1S/C15H15N5O3S3/c21-12(16-9-5-6-26(22,23)8-9)7-24-15-18-13-14(19-20-15)25-11-4-2-1-3-10(11)17-13/h1-4,9H,5-8H2,(H,16,21)(H,17,18,20)/t9-/m1/s1. The molecule has 11 heteroatoms. The molecule has 0 aliphatic carbocycles. The van der Waals surface area contributed by atoms with E-state index in [-0.39, 0.29) is 29.2 Å². The van der Waals surface area contributed by atoms with Crippen molar-refractivity contribution in [2.75, 3.05) is 22.6 Å². The second-order valence-corrected chi connectivity index (χ2v) is 10.1. The Morgan fingerprint density at radius 3 is 3.00 bits per heavy atom. The maximum atomic E-state index is 12.0. The van der Waals surface area contributed by atoms with Crippen LogP contribution in [0.4, 0.5) is 11.5 Å². The van der Waals surface area contributed by atoms with Gasteiger partial charge in [-0.05, 0) is 18.6 Å². The van der Waals surface area contributed by atoms with E-state index < -0.39 is 9.84 Å². The third-order valence-corrected chi connectivity index (χ3v) is 7.56. The minimum absolute atomic E-state index is 0.0147. The largest absolute Gasteiger partial charge is 0.352 e. The molecule has 1 aromatic carbocycles. The third-order valence-electron chi connectivity index (χ3n) is 3.91. The first-order chi connectivity index (χ1) is 12.5. The number of rotatable bonds is 4. The van der Waals surface area contributed by atoms with Crippen LogP contribution in [0.5, 0.6) is 0 Å². The van der Waals surface area contributed by atoms with Gasteiger partial charge in [-0.25, -0.2) is 13.4 Å². The van der Waals surface area contributed by atoms with E-state index in [4.69, 9.17) is 0 Å². The van der Waals surface area contributed by atoms with E-state index in [9.17, 15) is 13.2 Å². The summed E-state index contributed by atoms with van der Waals surface area (Å²) in [6, 6.07) is 7.55. The number of sulfone groups is 1. The van der Waals surface area contributed by atoms with Crippen molar-refractivity contribution in [3.8, 4) is 0 Å². The molecule has 1 amide bonds. The molecule has 2 aliphatic rings. The molecular weight excluding hydrogens is 394 g/mol. The lowest BCUT2D eigenvalue weighted by Crippen LogP contribution is -2.36. The lowest BCUT2D eigenvalue weighted by molar-refractivity contribution is -0.119. The Hall–Kier alpha value is -1.85. The molecule has 1 fully saturated rings. The predicted molar refractivity (Wildman–Crippen MR) is 99.6 cm³/mol. The number of hydrogen-bond donors (Lipinski definition) is 2. The number of hydrogen-bond acceptors (Lipinski definition) is 9. The van der Waals surface area contributed by atoms with Gasteiger partial charge < -0.3 is 10.6 Å². The normalized spacial score (nSPS) is 19.9. The highest BCUT2D eigenvalue weighted by Gasteiger charge is 2.29. The molecule has 1 atom stereocenters. The van der Waals surface area contributed by atoms with Crippen molar-refractivity contribution in [2.45, 2.75) is 27.5 Å². The summed E-state index contributed by atoms with van der Waals surface area (Å²) in [5.41, 5.74) is 0.960. The van der Waals surface area contributed by atoms with Crippen LogP contribution in [0.1, 0.15) is 6.42 Å². The molecule has 0 radical (unpaired) electrons. The number of nitrogens with one attached hydrogen (secondary N) is 2. The first-order valence-corrected chi connectivity index (χ1v) is 11.5. The van der Waals surface area contributed by atoms with Crippen molar-refractivity contribution in [3.63, 3.8) is 0 Å². The van der Waals surface area contributed by atoms with Gasteiger partial charge in [0.2, 0.25) is 11.1 Å². The summed E-state index contributed by atoms with van der Waals surface area (Å²) < 4.78 is 22.9. The minimum atomic E-state index is -3.01. The Morgan fingerprint density at radius 2 is 2.19 bits per heavy atom. The van der Waals surface area contributed by atoms with Gasteiger partial charge in [0.25, 0.3) is 0 Å². The zero-order valence-electron chi connectivity index (χ0n) is 13.5. The van der Waals surface area contributed by atoms with Gasteiger partial charge in [-0.15, -0.1) is 10.2 Å². The molecular formula is C15H15N5O3S3. The molecule has 0 saturated carbocycles. The highest BCUT2D eigenvalue weighted by Crippen LogP contribution is 2.41. The van der Waals surface area contributed by atoms with E-state index in [1.54, 1.807) is 0 Å². The fourth-order valence-electron chi connectivity index (χ4n) is 2.71. The van der Waals surface area contributed by atoms with Crippen LogP contribution in [0.2, 0.25) is 0 Å². The number of para-hydroxylation sites is 1. The Bertz CT molecular complexity index is 967. The second-order valence-electron chi connectivity index (χ2n) is 5.93. The summed E-state index contributed by atoms with van der Waals surface area (Å²) in [5.74, 6) is 0.648. The van der Waals surface area contributed by atoms with Crippen LogP contribution in [0.15, 0.2) is 39.3 Å². The first kappa shape index (κ1) is 17.6. The monoisotopic (exact) mass is 409 g/mol. The van der Waals surface area contributed by atoms with E-state index >= 15 is 0 Å². The van der Waals surface area contributed by atoms with Crippen molar-refractivity contribution in [3.05, 3.63) is 24.3 Å². The number of benzene rings is 1. The average molecular weight is 410 g/mol. The minimum Gasteiger partial charge on any atom is -0.352 e. The number of carbonyl (C=O) groups excluding carboxylic acids is 1. The Labute approximate surface area is 158 Å². The highest BCUT2D eigenvalue weighted by atomic mass is 32.2. The van der Waals surface area contributed by atoms with Gasteiger partial charge in [-0.2, -0.15) is 0 Å². The van der Waals surface area contributed by atoms with E-state index in [0.29, 0.717) is 22.4 Å². The lowest BCUT2D eigenvalue weighted by Gasteiger charge is -2.18. The van der Waals surface area contributed by atoms with E-state index in [1.807, 2.05) is 24.3 Å². The molecule has 2 aliphatic heterocycles. The van der Waals surface area contributed by atoms with Crippen LogP contribution < -0.4 is 10.6 Å². The van der Waals surface area contributed by atoms with Gasteiger partial charge in [0.1, 0.15) is 0 Å². The third kappa shape index (κ3) is 3.94. The number of nitrogens with zero attached hydrogens (tertiary/aromatic N) is 3. The molecule has 1 aromatic heterocycles. The topological polar surface area (TPSA) is 114 Å². The molecule has 136 valence electrons. The van der Waals surface area contributed by atoms with Crippen LogP contribution in [-0.4, -0.2) is 52.8 Å². The highest BCUT2D eigenvalue weighted by molar-refractivity contribution is 8.00. The Morgan fingerprint density at radius 1 is 1.35 bits per heavy atom. The van der Waals surface area contributed by atoms with Crippen molar-refractivity contribution in [2.24, 2.45) is 0 Å². The van der Waals surface area contributed by atoms with Crippen LogP contribution >= 0.6 is 23.5 Å². The second kappa shape index (κ2) is 7.05. The number of aromatic nitrogens is 3. The molecule has 2 N–H and O–H groups in total. The zero-order valence-corrected chi connectivity index (χ0v) is 16.0. The molecule has 0 spiro atoms. The molecule has 0 bridgehead atoms. The van der Waals surface area contributed by atoms with Gasteiger partial charge in [-0.1, -0.05) is 35.7 Å². The number of carbonyl (C=O) groups is 1. The fraction of sp³-hybridized carbons (Fsp3) is 0.333. The average Bonchev–Trinajstić information content (AvgIpc) is 2.96. The maximum absolute atomic E-state index is 12.0. The molecule has 2 aromatic rings. The number of anilines is 2. The van der Waals surface area contributed by atoms with Crippen LogP contribution in [0.25, 0.3) is 0 Å². The number of fused-ring (bicyclic) bond motifs is 2. The van der Waals surface area contributed by atoms with Gasteiger partial charge in [0, 0.05) is 10.9 Å². The van der Waals surface area contributed by atoms with Gasteiger partial charge in [0.05, 0.1) is 22.9 Å². The molecule has 0 unspecified atom stereocenters. The maximum Gasteiger partial charge on any atom is 0.230 e. The molecule has 1 saturated heterocycles. The SMILES string of the molecule is O=C(CSc1nnc2c(n1)Nc1ccccc1S2)N[C@@H]1CCS(=O)(=O)C1.